The highest BCUT2D eigenvalue weighted by Gasteiger charge is 2.35. The lowest BCUT2D eigenvalue weighted by molar-refractivity contribution is -0.140. The van der Waals surface area contributed by atoms with Gasteiger partial charge in [0.25, 0.3) is 10.0 Å². The van der Waals surface area contributed by atoms with E-state index < -0.39 is 28.5 Å². The van der Waals surface area contributed by atoms with E-state index in [2.05, 4.69) is 5.32 Å². The maximum atomic E-state index is 14.3. The summed E-state index contributed by atoms with van der Waals surface area (Å²) in [5.41, 5.74) is 2.15. The Hall–Kier alpha value is -4.05. The molecule has 10 heteroatoms. The maximum Gasteiger partial charge on any atom is 0.264 e. The molecule has 3 aromatic carbocycles. The Labute approximate surface area is 253 Å². The van der Waals surface area contributed by atoms with Crippen LogP contribution in [0.25, 0.3) is 0 Å². The summed E-state index contributed by atoms with van der Waals surface area (Å²) in [4.78, 5) is 29.5. The van der Waals surface area contributed by atoms with Crippen LogP contribution in [-0.2, 0) is 26.2 Å². The Balaban J connectivity index is 1.51. The number of ether oxygens (including phenoxy) is 2. The molecule has 2 amide bonds. The van der Waals surface area contributed by atoms with Crippen LogP contribution in [0.1, 0.15) is 50.2 Å². The van der Waals surface area contributed by atoms with E-state index in [4.69, 9.17) is 9.47 Å². The largest absolute Gasteiger partial charge is 0.486 e. The van der Waals surface area contributed by atoms with E-state index in [1.807, 2.05) is 38.1 Å². The minimum Gasteiger partial charge on any atom is -0.486 e. The lowest BCUT2D eigenvalue weighted by Gasteiger charge is -2.34. The summed E-state index contributed by atoms with van der Waals surface area (Å²) in [5, 5.41) is 3.14. The molecule has 0 aromatic heterocycles. The summed E-state index contributed by atoms with van der Waals surface area (Å²) in [6.45, 7) is 4.23. The van der Waals surface area contributed by atoms with Gasteiger partial charge in [0.15, 0.2) is 11.5 Å². The molecule has 228 valence electrons. The van der Waals surface area contributed by atoms with E-state index in [0.29, 0.717) is 31.1 Å². The van der Waals surface area contributed by atoms with Gasteiger partial charge in [0.05, 0.1) is 10.6 Å². The van der Waals surface area contributed by atoms with Crippen molar-refractivity contribution in [1.29, 1.82) is 0 Å². The molecule has 1 atom stereocenters. The van der Waals surface area contributed by atoms with Crippen molar-refractivity contribution < 1.29 is 27.5 Å². The predicted molar refractivity (Wildman–Crippen MR) is 165 cm³/mol. The number of nitrogens with one attached hydrogen (secondary N) is 1. The number of anilines is 1. The summed E-state index contributed by atoms with van der Waals surface area (Å²) in [6.07, 6.45) is 4.35. The van der Waals surface area contributed by atoms with Gasteiger partial charge in [-0.25, -0.2) is 8.42 Å². The van der Waals surface area contributed by atoms with Crippen LogP contribution in [-0.4, -0.2) is 57.0 Å². The summed E-state index contributed by atoms with van der Waals surface area (Å²) < 4.78 is 40.6. The van der Waals surface area contributed by atoms with Crippen LogP contribution in [0, 0.1) is 6.92 Å². The highest BCUT2D eigenvalue weighted by molar-refractivity contribution is 7.92. The van der Waals surface area contributed by atoms with Crippen LogP contribution in [0.5, 0.6) is 11.5 Å². The van der Waals surface area contributed by atoms with Crippen molar-refractivity contribution in [2.75, 3.05) is 24.1 Å². The molecule has 0 unspecified atom stereocenters. The Morgan fingerprint density at radius 2 is 1.65 bits per heavy atom. The van der Waals surface area contributed by atoms with Gasteiger partial charge in [-0.1, -0.05) is 67.8 Å². The van der Waals surface area contributed by atoms with Crippen LogP contribution >= 0.6 is 0 Å². The average molecular weight is 606 g/mol. The van der Waals surface area contributed by atoms with Gasteiger partial charge in [0, 0.05) is 18.7 Å². The van der Waals surface area contributed by atoms with E-state index in [1.165, 1.54) is 17.0 Å². The molecule has 0 radical (unpaired) electrons. The molecule has 1 aliphatic carbocycles. The first-order valence-corrected chi connectivity index (χ1v) is 16.3. The summed E-state index contributed by atoms with van der Waals surface area (Å²) in [5.74, 6) is 0.217. The lowest BCUT2D eigenvalue weighted by atomic mass is 10.1. The van der Waals surface area contributed by atoms with Gasteiger partial charge in [-0.2, -0.15) is 0 Å². The monoisotopic (exact) mass is 605 g/mol. The first kappa shape index (κ1) is 30.4. The first-order chi connectivity index (χ1) is 20.8. The number of amides is 2. The maximum absolute atomic E-state index is 14.3. The molecule has 3 aromatic rings. The minimum absolute atomic E-state index is 0.0499. The average Bonchev–Trinajstić information content (AvgIpc) is 3.53. The Kier molecular flexibility index (Phi) is 9.55. The number of hydrogen-bond donors (Lipinski definition) is 1. The van der Waals surface area contributed by atoms with Crippen molar-refractivity contribution in [3.05, 3.63) is 83.9 Å². The zero-order chi connectivity index (χ0) is 30.4. The van der Waals surface area contributed by atoms with E-state index in [9.17, 15) is 18.0 Å². The van der Waals surface area contributed by atoms with Crippen LogP contribution in [0.3, 0.4) is 0 Å². The van der Waals surface area contributed by atoms with Crippen LogP contribution in [0.15, 0.2) is 77.7 Å². The molecule has 5 rings (SSSR count). The lowest BCUT2D eigenvalue weighted by Crippen LogP contribution is -2.53. The number of hydrogen-bond acceptors (Lipinski definition) is 6. The highest BCUT2D eigenvalue weighted by Crippen LogP contribution is 2.36. The minimum atomic E-state index is -4.17. The van der Waals surface area contributed by atoms with Gasteiger partial charge >= 0.3 is 0 Å². The molecule has 1 saturated carbocycles. The van der Waals surface area contributed by atoms with Crippen LogP contribution in [0.2, 0.25) is 0 Å². The highest BCUT2D eigenvalue weighted by atomic mass is 32.2. The van der Waals surface area contributed by atoms with Gasteiger partial charge in [-0.05, 0) is 56.0 Å². The number of fused-ring (bicyclic) bond motifs is 1. The molecule has 9 nitrogen and oxygen atoms in total. The molecular weight excluding hydrogens is 566 g/mol. The molecule has 1 N–H and O–H groups in total. The molecule has 1 heterocycles. The number of rotatable bonds is 11. The molecule has 0 saturated heterocycles. The quantitative estimate of drug-likeness (QED) is 0.336. The van der Waals surface area contributed by atoms with Crippen LogP contribution in [0.4, 0.5) is 5.69 Å². The van der Waals surface area contributed by atoms with Crippen molar-refractivity contribution in [2.45, 2.75) is 69.5 Å². The van der Waals surface area contributed by atoms with Gasteiger partial charge in [-0.15, -0.1) is 0 Å². The standard InChI is InChI=1S/C33H39N3O6S/c1-3-29(33(38)34-26-12-7-8-13-26)35(22-25-11-9-10-24(2)20-25)32(37)23-36(43(39,40)28-14-5-4-6-15-28)27-16-17-30-31(21-27)42-19-18-41-30/h4-6,9-11,14-17,20-21,26,29H,3,7-8,12-13,18-19,22-23H2,1-2H3,(H,34,38)/t29-/m1/s1. The first-order valence-electron chi connectivity index (χ1n) is 14.9. The molecule has 1 aliphatic heterocycles. The third kappa shape index (κ3) is 7.13. The second-order valence-corrected chi connectivity index (χ2v) is 12.9. The Bertz CT molecular complexity index is 1540. The second-order valence-electron chi connectivity index (χ2n) is 11.1. The molecule has 43 heavy (non-hydrogen) atoms. The van der Waals surface area contributed by atoms with Gasteiger partial charge in [0.1, 0.15) is 25.8 Å². The number of aryl methyl sites for hydroxylation is 1. The number of sulfonamides is 1. The Morgan fingerprint density at radius 1 is 0.930 bits per heavy atom. The fourth-order valence-electron chi connectivity index (χ4n) is 5.73. The number of carbonyl (C=O) groups is 2. The van der Waals surface area contributed by atoms with Gasteiger partial charge < -0.3 is 19.7 Å². The number of carbonyl (C=O) groups excluding carboxylic acids is 2. The van der Waals surface area contributed by atoms with E-state index in [1.54, 1.807) is 36.4 Å². The topological polar surface area (TPSA) is 105 Å². The van der Waals surface area contributed by atoms with Crippen molar-refractivity contribution in [3.63, 3.8) is 0 Å². The zero-order valence-electron chi connectivity index (χ0n) is 24.7. The van der Waals surface area contributed by atoms with Crippen molar-refractivity contribution in [1.82, 2.24) is 10.2 Å². The van der Waals surface area contributed by atoms with E-state index in [-0.39, 0.29) is 29.1 Å². The molecule has 0 bridgehead atoms. The van der Waals surface area contributed by atoms with Gasteiger partial charge in [-0.3, -0.25) is 13.9 Å². The second kappa shape index (κ2) is 13.5. The number of benzene rings is 3. The van der Waals surface area contributed by atoms with Crippen molar-refractivity contribution in [3.8, 4) is 11.5 Å². The number of nitrogens with zero attached hydrogens (tertiary/aromatic N) is 2. The normalized spacial score (nSPS) is 15.5. The molecular formula is C33H39N3O6S. The third-order valence-corrected chi connectivity index (χ3v) is 9.73. The fourth-order valence-corrected chi connectivity index (χ4v) is 7.16. The summed E-state index contributed by atoms with van der Waals surface area (Å²) in [7, 11) is -4.17. The van der Waals surface area contributed by atoms with Crippen molar-refractivity contribution in [2.24, 2.45) is 0 Å². The summed E-state index contributed by atoms with van der Waals surface area (Å²) in [6, 6.07) is 19.9. The molecule has 2 aliphatic rings. The van der Waals surface area contributed by atoms with E-state index in [0.717, 1.165) is 41.1 Å². The third-order valence-electron chi connectivity index (χ3n) is 7.95. The summed E-state index contributed by atoms with van der Waals surface area (Å²) >= 11 is 0. The SMILES string of the molecule is CC[C@H](C(=O)NC1CCCC1)N(Cc1cccc(C)c1)C(=O)CN(c1ccc2c(c1)OCCO2)S(=O)(=O)c1ccccc1. The Morgan fingerprint density at radius 3 is 2.35 bits per heavy atom. The smallest absolute Gasteiger partial charge is 0.264 e. The van der Waals surface area contributed by atoms with E-state index >= 15 is 0 Å². The van der Waals surface area contributed by atoms with Crippen LogP contribution < -0.4 is 19.1 Å². The predicted octanol–water partition coefficient (Wildman–Crippen LogP) is 4.83. The zero-order valence-corrected chi connectivity index (χ0v) is 25.5. The molecule has 1 fully saturated rings. The van der Waals surface area contributed by atoms with Gasteiger partial charge in [0.2, 0.25) is 11.8 Å². The molecule has 0 spiro atoms. The fraction of sp³-hybridized carbons (Fsp3) is 0.394. The van der Waals surface area contributed by atoms with Crippen molar-refractivity contribution >= 4 is 27.5 Å².